The number of sulfonamides is 1. The van der Waals surface area contributed by atoms with Gasteiger partial charge >= 0.3 is 0 Å². The molecule has 7 nitrogen and oxygen atoms in total. The molecule has 0 aliphatic heterocycles. The van der Waals surface area contributed by atoms with Gasteiger partial charge in [-0.05, 0) is 48.1 Å². The van der Waals surface area contributed by atoms with Crippen LogP contribution in [0.1, 0.15) is 56.8 Å². The minimum atomic E-state index is -3.68. The van der Waals surface area contributed by atoms with E-state index in [2.05, 4.69) is 17.6 Å². The number of rotatable bonds is 8. The minimum Gasteiger partial charge on any atom is -0.469 e. The van der Waals surface area contributed by atoms with Gasteiger partial charge < -0.3 is 15.1 Å². The van der Waals surface area contributed by atoms with E-state index in [4.69, 9.17) is 14.5 Å². The maximum Gasteiger partial charge on any atom is 0.238 e. The Morgan fingerprint density at radius 2 is 1.81 bits per heavy atom. The third kappa shape index (κ3) is 7.70. The number of nitrogens with zero attached hydrogens (tertiary/aromatic N) is 1. The maximum atomic E-state index is 11.4. The summed E-state index contributed by atoms with van der Waals surface area (Å²) in [4.78, 5) is 4.83. The first kappa shape index (κ1) is 23.3. The van der Waals surface area contributed by atoms with Crippen LogP contribution in [-0.2, 0) is 23.0 Å². The molecule has 8 heteroatoms. The van der Waals surface area contributed by atoms with Crippen LogP contribution in [0.25, 0.3) is 0 Å². The standard InChI is InChI=1S/C23H34N4O3S/c1-23(13-4-2-3-5-14-23)18-27-22(25-15-12-20-7-6-16-30-20)26-17-19-8-10-21(11-9-19)31(24,28)29/h6-11,16H,2-5,12-15,17-18H2,1H3,(H2,24,28,29)(H2,25,26,27). The van der Waals surface area contributed by atoms with Gasteiger partial charge in [0.15, 0.2) is 5.96 Å². The number of primary sulfonamides is 1. The Bertz CT molecular complexity index is 930. The monoisotopic (exact) mass is 446 g/mol. The second kappa shape index (κ2) is 10.8. The number of benzene rings is 1. The number of aliphatic imine (C=N–C) groups is 1. The largest absolute Gasteiger partial charge is 0.469 e. The van der Waals surface area contributed by atoms with E-state index in [1.54, 1.807) is 18.4 Å². The van der Waals surface area contributed by atoms with Crippen molar-refractivity contribution in [3.8, 4) is 0 Å². The number of nitrogens with one attached hydrogen (secondary N) is 2. The molecule has 170 valence electrons. The molecular formula is C23H34N4O3S. The molecule has 0 atom stereocenters. The molecule has 31 heavy (non-hydrogen) atoms. The fraction of sp³-hybridized carbons (Fsp3) is 0.522. The number of hydrogen-bond donors (Lipinski definition) is 3. The van der Waals surface area contributed by atoms with E-state index in [1.165, 1.54) is 50.7 Å². The second-order valence-electron chi connectivity index (χ2n) is 8.69. The molecule has 1 aromatic heterocycles. The lowest BCUT2D eigenvalue weighted by molar-refractivity contribution is 0.277. The van der Waals surface area contributed by atoms with Crippen molar-refractivity contribution in [2.75, 3.05) is 13.1 Å². The molecule has 3 rings (SSSR count). The van der Waals surface area contributed by atoms with E-state index in [1.807, 2.05) is 12.1 Å². The lowest BCUT2D eigenvalue weighted by atomic mass is 9.82. The van der Waals surface area contributed by atoms with Crippen molar-refractivity contribution in [2.45, 2.75) is 63.3 Å². The van der Waals surface area contributed by atoms with E-state index in [9.17, 15) is 8.42 Å². The van der Waals surface area contributed by atoms with Gasteiger partial charge in [0.25, 0.3) is 0 Å². The first-order chi connectivity index (χ1) is 14.8. The summed E-state index contributed by atoms with van der Waals surface area (Å²) < 4.78 is 28.3. The Morgan fingerprint density at radius 1 is 1.10 bits per heavy atom. The summed E-state index contributed by atoms with van der Waals surface area (Å²) in [6, 6.07) is 10.4. The summed E-state index contributed by atoms with van der Waals surface area (Å²) in [5.74, 6) is 1.69. The highest BCUT2D eigenvalue weighted by atomic mass is 32.2. The minimum absolute atomic E-state index is 0.108. The van der Waals surface area contributed by atoms with Crippen LogP contribution in [0.15, 0.2) is 57.0 Å². The van der Waals surface area contributed by atoms with Gasteiger partial charge in [-0.1, -0.05) is 44.7 Å². The van der Waals surface area contributed by atoms with E-state index in [0.29, 0.717) is 13.1 Å². The Balaban J connectivity index is 1.63. The van der Waals surface area contributed by atoms with Crippen molar-refractivity contribution < 1.29 is 12.8 Å². The zero-order chi connectivity index (χ0) is 22.2. The van der Waals surface area contributed by atoms with E-state index >= 15 is 0 Å². The van der Waals surface area contributed by atoms with Crippen LogP contribution in [0, 0.1) is 5.41 Å². The molecular weight excluding hydrogens is 412 g/mol. The summed E-state index contributed by atoms with van der Waals surface area (Å²) in [5, 5.41) is 12.1. The average Bonchev–Trinajstić information content (AvgIpc) is 3.16. The average molecular weight is 447 g/mol. The van der Waals surface area contributed by atoms with Crippen molar-refractivity contribution in [1.29, 1.82) is 0 Å². The third-order valence-electron chi connectivity index (χ3n) is 5.91. The zero-order valence-corrected chi connectivity index (χ0v) is 19.1. The molecule has 0 radical (unpaired) electrons. The Kier molecular flexibility index (Phi) is 8.15. The summed E-state index contributed by atoms with van der Waals surface area (Å²) >= 11 is 0. The molecule has 0 amide bonds. The van der Waals surface area contributed by atoms with E-state index in [0.717, 1.165) is 30.2 Å². The normalized spacial score (nSPS) is 17.2. The number of hydrogen-bond acceptors (Lipinski definition) is 4. The molecule has 0 saturated heterocycles. The van der Waals surface area contributed by atoms with Crippen molar-refractivity contribution >= 4 is 16.0 Å². The van der Waals surface area contributed by atoms with E-state index in [-0.39, 0.29) is 10.3 Å². The van der Waals surface area contributed by atoms with Gasteiger partial charge in [-0.25, -0.2) is 18.5 Å². The molecule has 4 N–H and O–H groups in total. The molecule has 1 aliphatic rings. The Hall–Kier alpha value is -2.32. The Labute approximate surface area is 185 Å². The van der Waals surface area contributed by atoms with Gasteiger partial charge in [-0.15, -0.1) is 0 Å². The van der Waals surface area contributed by atoms with Crippen molar-refractivity contribution in [3.63, 3.8) is 0 Å². The van der Waals surface area contributed by atoms with Crippen LogP contribution in [0.5, 0.6) is 0 Å². The smallest absolute Gasteiger partial charge is 0.238 e. The molecule has 1 aliphatic carbocycles. The van der Waals surface area contributed by atoms with Crippen molar-refractivity contribution in [3.05, 3.63) is 54.0 Å². The van der Waals surface area contributed by atoms with Gasteiger partial charge in [-0.2, -0.15) is 0 Å². The van der Waals surface area contributed by atoms with Crippen LogP contribution < -0.4 is 15.8 Å². The van der Waals surface area contributed by atoms with Gasteiger partial charge in [0.1, 0.15) is 5.76 Å². The van der Waals surface area contributed by atoms with Gasteiger partial charge in [0, 0.05) is 19.5 Å². The van der Waals surface area contributed by atoms with Crippen molar-refractivity contribution in [2.24, 2.45) is 15.5 Å². The highest BCUT2D eigenvalue weighted by Crippen LogP contribution is 2.33. The molecule has 1 fully saturated rings. The molecule has 1 heterocycles. The highest BCUT2D eigenvalue weighted by molar-refractivity contribution is 7.89. The SMILES string of the molecule is CC1(CNC(=NCc2ccc(S(N)(=O)=O)cc2)NCCc2ccco2)CCCCCC1. The first-order valence-electron chi connectivity index (χ1n) is 11.0. The second-order valence-corrected chi connectivity index (χ2v) is 10.2. The lowest BCUT2D eigenvalue weighted by Gasteiger charge is -2.29. The summed E-state index contributed by atoms with van der Waals surface area (Å²) in [6.45, 7) is 4.39. The fourth-order valence-electron chi connectivity index (χ4n) is 3.94. The maximum absolute atomic E-state index is 11.4. The van der Waals surface area contributed by atoms with Crippen LogP contribution in [0.3, 0.4) is 0 Å². The van der Waals surface area contributed by atoms with Gasteiger partial charge in [0.2, 0.25) is 10.0 Å². The third-order valence-corrected chi connectivity index (χ3v) is 6.84. The van der Waals surface area contributed by atoms with Crippen LogP contribution in [0.2, 0.25) is 0 Å². The van der Waals surface area contributed by atoms with Gasteiger partial charge in [-0.3, -0.25) is 0 Å². The predicted octanol–water partition coefficient (Wildman–Crippen LogP) is 3.57. The quantitative estimate of drug-likeness (QED) is 0.326. The predicted molar refractivity (Wildman–Crippen MR) is 123 cm³/mol. The Morgan fingerprint density at radius 3 is 2.42 bits per heavy atom. The summed E-state index contributed by atoms with van der Waals surface area (Å²) in [5.41, 5.74) is 1.19. The molecule has 1 aromatic carbocycles. The highest BCUT2D eigenvalue weighted by Gasteiger charge is 2.25. The molecule has 0 spiro atoms. The van der Waals surface area contributed by atoms with Crippen molar-refractivity contribution in [1.82, 2.24) is 10.6 Å². The number of nitrogens with two attached hydrogens (primary N) is 1. The van der Waals surface area contributed by atoms with Gasteiger partial charge in [0.05, 0.1) is 17.7 Å². The van der Waals surface area contributed by atoms with Crippen LogP contribution >= 0.6 is 0 Å². The number of guanidine groups is 1. The molecule has 2 aromatic rings. The zero-order valence-electron chi connectivity index (χ0n) is 18.3. The topological polar surface area (TPSA) is 110 Å². The fourth-order valence-corrected chi connectivity index (χ4v) is 4.46. The molecule has 1 saturated carbocycles. The van der Waals surface area contributed by atoms with Crippen LogP contribution in [-0.4, -0.2) is 27.5 Å². The summed E-state index contributed by atoms with van der Waals surface area (Å²) in [7, 11) is -3.68. The first-order valence-corrected chi connectivity index (χ1v) is 12.6. The lowest BCUT2D eigenvalue weighted by Crippen LogP contribution is -2.43. The van der Waals surface area contributed by atoms with E-state index < -0.39 is 10.0 Å². The van der Waals surface area contributed by atoms with Crippen LogP contribution in [0.4, 0.5) is 0 Å². The molecule has 0 bridgehead atoms. The number of furan rings is 1. The summed E-state index contributed by atoms with van der Waals surface area (Å²) in [6.07, 6.45) is 10.1. The molecule has 0 unspecified atom stereocenters.